The van der Waals surface area contributed by atoms with E-state index >= 15 is 0 Å². The summed E-state index contributed by atoms with van der Waals surface area (Å²) in [5, 5.41) is 15.9. The maximum atomic E-state index is 11.7. The average Bonchev–Trinajstić information content (AvgIpc) is 2.28. The first-order valence-corrected chi connectivity index (χ1v) is 5.70. The molecule has 2 heterocycles. The third-order valence-electron chi connectivity index (χ3n) is 2.81. The van der Waals surface area contributed by atoms with Gasteiger partial charge < -0.3 is 21.5 Å². The van der Waals surface area contributed by atoms with Gasteiger partial charge in [0.2, 0.25) is 5.95 Å². The molecular weight excluding hydrogens is 222 g/mol. The highest BCUT2D eigenvalue weighted by Gasteiger charge is 2.26. The summed E-state index contributed by atoms with van der Waals surface area (Å²) >= 11 is 0. The lowest BCUT2D eigenvalue weighted by molar-refractivity contribution is 0.144. The zero-order valence-electron chi connectivity index (χ0n) is 9.66. The SMILES string of the molecule is CCC[C@@H](O)[C@H]1CNc2nc(N)[nH]c(=O)c2N1. The largest absolute Gasteiger partial charge is 0.391 e. The lowest BCUT2D eigenvalue weighted by Gasteiger charge is -2.30. The van der Waals surface area contributed by atoms with Crippen molar-refractivity contribution in [2.24, 2.45) is 0 Å². The van der Waals surface area contributed by atoms with Gasteiger partial charge in [0.25, 0.3) is 5.56 Å². The number of hydrogen-bond donors (Lipinski definition) is 5. The van der Waals surface area contributed by atoms with Crippen LogP contribution in [0.1, 0.15) is 19.8 Å². The molecule has 1 aromatic heterocycles. The number of nitrogens with two attached hydrogens (primary N) is 1. The van der Waals surface area contributed by atoms with Crippen LogP contribution in [0.15, 0.2) is 4.79 Å². The summed E-state index contributed by atoms with van der Waals surface area (Å²) in [6.07, 6.45) is 1.09. The fraction of sp³-hybridized carbons (Fsp3) is 0.600. The second-order valence-corrected chi connectivity index (χ2v) is 4.16. The number of rotatable bonds is 3. The Morgan fingerprint density at radius 1 is 1.65 bits per heavy atom. The molecule has 0 unspecified atom stereocenters. The standard InChI is InChI=1S/C10H17N5O2/c1-2-3-6(16)5-4-12-8-7(13-5)9(17)15-10(11)14-8/h5-6,13,16H,2-4H2,1H3,(H4,11,12,14,15,17)/t5-,6-/m1/s1. The molecule has 1 aliphatic rings. The van der Waals surface area contributed by atoms with Crippen LogP contribution >= 0.6 is 0 Å². The van der Waals surface area contributed by atoms with Gasteiger partial charge in [-0.1, -0.05) is 13.3 Å². The van der Waals surface area contributed by atoms with Gasteiger partial charge in [0.1, 0.15) is 5.69 Å². The number of aliphatic hydroxyl groups is 1. The monoisotopic (exact) mass is 239 g/mol. The number of aromatic nitrogens is 2. The molecule has 0 amide bonds. The third kappa shape index (κ3) is 2.33. The van der Waals surface area contributed by atoms with Crippen LogP contribution in [0.25, 0.3) is 0 Å². The Labute approximate surface area is 98.4 Å². The van der Waals surface area contributed by atoms with Crippen molar-refractivity contribution in [3.63, 3.8) is 0 Å². The molecule has 0 aromatic carbocycles. The summed E-state index contributed by atoms with van der Waals surface area (Å²) in [5.41, 5.74) is 5.45. The predicted molar refractivity (Wildman–Crippen MR) is 66.1 cm³/mol. The van der Waals surface area contributed by atoms with E-state index in [0.717, 1.165) is 6.42 Å². The van der Waals surface area contributed by atoms with Gasteiger partial charge in [-0.15, -0.1) is 0 Å². The molecule has 2 atom stereocenters. The summed E-state index contributed by atoms with van der Waals surface area (Å²) in [6.45, 7) is 2.52. The van der Waals surface area contributed by atoms with Crippen molar-refractivity contribution in [2.75, 3.05) is 22.9 Å². The van der Waals surface area contributed by atoms with Crippen LogP contribution in [0.4, 0.5) is 17.5 Å². The number of nitrogens with one attached hydrogen (secondary N) is 3. The van der Waals surface area contributed by atoms with Crippen LogP contribution in [-0.4, -0.2) is 33.8 Å². The Kier molecular flexibility index (Phi) is 3.19. The van der Waals surface area contributed by atoms with Gasteiger partial charge in [0.05, 0.1) is 12.1 Å². The third-order valence-corrected chi connectivity index (χ3v) is 2.81. The number of H-pyrrole nitrogens is 1. The minimum Gasteiger partial charge on any atom is -0.391 e. The van der Waals surface area contributed by atoms with Crippen molar-refractivity contribution in [2.45, 2.75) is 31.9 Å². The van der Waals surface area contributed by atoms with Crippen LogP contribution in [0.5, 0.6) is 0 Å². The number of nitrogen functional groups attached to an aromatic ring is 1. The number of aliphatic hydroxyl groups excluding tert-OH is 1. The molecule has 7 nitrogen and oxygen atoms in total. The van der Waals surface area contributed by atoms with Gasteiger partial charge in [-0.2, -0.15) is 4.98 Å². The van der Waals surface area contributed by atoms with Crippen LogP contribution in [0, 0.1) is 0 Å². The highest BCUT2D eigenvalue weighted by molar-refractivity contribution is 5.67. The minimum absolute atomic E-state index is 0.0793. The molecule has 7 heteroatoms. The van der Waals surface area contributed by atoms with E-state index in [0.29, 0.717) is 24.5 Å². The Morgan fingerprint density at radius 3 is 3.12 bits per heavy atom. The molecule has 94 valence electrons. The first kappa shape index (κ1) is 11.7. The molecule has 1 aromatic rings. The van der Waals surface area contributed by atoms with Crippen molar-refractivity contribution < 1.29 is 5.11 Å². The van der Waals surface area contributed by atoms with E-state index in [2.05, 4.69) is 20.6 Å². The second-order valence-electron chi connectivity index (χ2n) is 4.16. The van der Waals surface area contributed by atoms with E-state index in [4.69, 9.17) is 5.73 Å². The van der Waals surface area contributed by atoms with Crippen molar-refractivity contribution >= 4 is 17.5 Å². The quantitative estimate of drug-likeness (QED) is 0.495. The van der Waals surface area contributed by atoms with Gasteiger partial charge in [0, 0.05) is 6.54 Å². The zero-order valence-corrected chi connectivity index (χ0v) is 9.66. The average molecular weight is 239 g/mol. The molecule has 0 bridgehead atoms. The molecule has 0 spiro atoms. The number of nitrogens with zero attached hydrogens (tertiary/aromatic N) is 1. The van der Waals surface area contributed by atoms with E-state index in [-0.39, 0.29) is 17.5 Å². The van der Waals surface area contributed by atoms with Crippen LogP contribution in [-0.2, 0) is 0 Å². The molecule has 17 heavy (non-hydrogen) atoms. The van der Waals surface area contributed by atoms with Crippen molar-refractivity contribution in [1.29, 1.82) is 0 Å². The summed E-state index contributed by atoms with van der Waals surface area (Å²) in [6, 6.07) is -0.186. The van der Waals surface area contributed by atoms with E-state index in [1.807, 2.05) is 6.92 Å². The van der Waals surface area contributed by atoms with Gasteiger partial charge in [-0.3, -0.25) is 9.78 Å². The van der Waals surface area contributed by atoms with Crippen molar-refractivity contribution in [3.8, 4) is 0 Å². The first-order valence-electron chi connectivity index (χ1n) is 5.70. The zero-order chi connectivity index (χ0) is 12.4. The summed E-state index contributed by atoms with van der Waals surface area (Å²) < 4.78 is 0. The smallest absolute Gasteiger partial charge is 0.277 e. The van der Waals surface area contributed by atoms with Gasteiger partial charge in [-0.25, -0.2) is 0 Å². The van der Waals surface area contributed by atoms with Gasteiger partial charge >= 0.3 is 0 Å². The fourth-order valence-electron chi connectivity index (χ4n) is 1.92. The van der Waals surface area contributed by atoms with E-state index in [1.165, 1.54) is 0 Å². The molecule has 0 fully saturated rings. The van der Waals surface area contributed by atoms with Crippen LogP contribution in [0.2, 0.25) is 0 Å². The number of hydrogen-bond acceptors (Lipinski definition) is 6. The molecule has 2 rings (SSSR count). The summed E-state index contributed by atoms with van der Waals surface area (Å²) in [7, 11) is 0. The van der Waals surface area contributed by atoms with Crippen molar-refractivity contribution in [1.82, 2.24) is 9.97 Å². The van der Waals surface area contributed by atoms with Crippen LogP contribution < -0.4 is 21.9 Å². The van der Waals surface area contributed by atoms with E-state index in [1.54, 1.807) is 0 Å². The molecule has 6 N–H and O–H groups in total. The molecule has 0 saturated heterocycles. The maximum absolute atomic E-state index is 11.7. The molecule has 1 aliphatic heterocycles. The van der Waals surface area contributed by atoms with Gasteiger partial charge in [-0.05, 0) is 6.42 Å². The van der Waals surface area contributed by atoms with Crippen LogP contribution in [0.3, 0.4) is 0 Å². The molecule has 0 saturated carbocycles. The van der Waals surface area contributed by atoms with Gasteiger partial charge in [0.15, 0.2) is 5.82 Å². The number of aromatic amines is 1. The maximum Gasteiger partial charge on any atom is 0.277 e. The Morgan fingerprint density at radius 2 is 2.41 bits per heavy atom. The molecular formula is C10H17N5O2. The molecule has 0 aliphatic carbocycles. The number of anilines is 3. The molecule has 0 radical (unpaired) electrons. The predicted octanol–water partition coefficient (Wildman–Crippen LogP) is -0.281. The summed E-state index contributed by atoms with van der Waals surface area (Å²) in [4.78, 5) is 18.0. The highest BCUT2D eigenvalue weighted by atomic mass is 16.3. The first-order chi connectivity index (χ1) is 8.11. The van der Waals surface area contributed by atoms with E-state index in [9.17, 15) is 9.90 Å². The Bertz CT molecular complexity index is 458. The minimum atomic E-state index is -0.488. The lowest BCUT2D eigenvalue weighted by Crippen LogP contribution is -2.44. The Hall–Kier alpha value is -1.76. The Balaban J connectivity index is 2.21. The highest BCUT2D eigenvalue weighted by Crippen LogP contribution is 2.21. The summed E-state index contributed by atoms with van der Waals surface area (Å²) in [5.74, 6) is 0.516. The lowest BCUT2D eigenvalue weighted by atomic mass is 10.0. The second kappa shape index (κ2) is 4.62. The number of fused-ring (bicyclic) bond motifs is 1. The normalized spacial score (nSPS) is 20.0. The fourth-order valence-corrected chi connectivity index (χ4v) is 1.92. The van der Waals surface area contributed by atoms with E-state index < -0.39 is 6.10 Å². The van der Waals surface area contributed by atoms with Crippen molar-refractivity contribution in [3.05, 3.63) is 10.4 Å². The topological polar surface area (TPSA) is 116 Å².